The molecule has 0 aromatic heterocycles. The van der Waals surface area contributed by atoms with E-state index < -0.39 is 0 Å². The lowest BCUT2D eigenvalue weighted by molar-refractivity contribution is -0.139. The van der Waals surface area contributed by atoms with Crippen LogP contribution < -0.4 is 0 Å². The first-order valence-corrected chi connectivity index (χ1v) is 10.6. The second kappa shape index (κ2) is 15.6. The average molecular weight is 385 g/mol. The van der Waals surface area contributed by atoms with Gasteiger partial charge in [-0.25, -0.2) is 0 Å². The summed E-state index contributed by atoms with van der Waals surface area (Å²) in [5.74, 6) is 0.720. The largest absolute Gasteiger partial charge is 0.342 e. The Morgan fingerprint density at radius 2 is 1.59 bits per heavy atom. The standard InChI is InChI=1S/C17H28N2O3.2C2H6.CH4/c1-13-8-10-18(12-13)15(20)7-5-3-4-6-9-19-16(21)11-14(2)17(19)22;2*1-2;/h13-14H,3-12H2,1-2H3;2*1-2H3;1H4. The maximum atomic E-state index is 12.0. The molecule has 27 heavy (non-hydrogen) atoms. The fraction of sp³-hybridized carbons (Fsp3) is 0.864. The van der Waals surface area contributed by atoms with Crippen molar-refractivity contribution >= 4 is 17.7 Å². The van der Waals surface area contributed by atoms with E-state index in [0.29, 0.717) is 25.3 Å². The summed E-state index contributed by atoms with van der Waals surface area (Å²) in [7, 11) is 0. The molecule has 0 radical (unpaired) electrons. The van der Waals surface area contributed by atoms with Gasteiger partial charge in [0, 0.05) is 38.4 Å². The lowest BCUT2D eigenvalue weighted by Gasteiger charge is -2.16. The number of amides is 3. The minimum absolute atomic E-state index is 0. The molecule has 2 rings (SSSR count). The average Bonchev–Trinajstić information content (AvgIpc) is 3.19. The number of carbonyl (C=O) groups is 3. The molecule has 0 aliphatic carbocycles. The van der Waals surface area contributed by atoms with Crippen molar-refractivity contribution in [2.75, 3.05) is 19.6 Å². The van der Waals surface area contributed by atoms with Crippen LogP contribution in [-0.2, 0) is 14.4 Å². The molecule has 2 fully saturated rings. The van der Waals surface area contributed by atoms with Crippen LogP contribution in [0.2, 0.25) is 0 Å². The Balaban J connectivity index is 0. The van der Waals surface area contributed by atoms with Gasteiger partial charge >= 0.3 is 0 Å². The Kier molecular flexibility index (Phi) is 16.1. The van der Waals surface area contributed by atoms with Gasteiger partial charge in [0.15, 0.2) is 0 Å². The van der Waals surface area contributed by atoms with Crippen LogP contribution in [0, 0.1) is 11.8 Å². The number of unbranched alkanes of at least 4 members (excludes halogenated alkanes) is 3. The van der Waals surface area contributed by atoms with Crippen LogP contribution in [0.15, 0.2) is 0 Å². The van der Waals surface area contributed by atoms with Gasteiger partial charge < -0.3 is 4.90 Å². The first kappa shape index (κ1) is 27.8. The quantitative estimate of drug-likeness (QED) is 0.464. The van der Waals surface area contributed by atoms with Crippen molar-refractivity contribution in [1.82, 2.24) is 9.80 Å². The van der Waals surface area contributed by atoms with Crippen molar-refractivity contribution in [1.29, 1.82) is 0 Å². The van der Waals surface area contributed by atoms with E-state index >= 15 is 0 Å². The molecule has 160 valence electrons. The number of hydrogen-bond acceptors (Lipinski definition) is 3. The second-order valence-corrected chi connectivity index (χ2v) is 6.89. The molecule has 2 aliphatic heterocycles. The maximum absolute atomic E-state index is 12.0. The van der Waals surface area contributed by atoms with Gasteiger partial charge in [0.1, 0.15) is 0 Å². The molecule has 0 aromatic carbocycles. The van der Waals surface area contributed by atoms with E-state index in [2.05, 4.69) is 6.92 Å². The predicted octanol–water partition coefficient (Wildman–Crippen LogP) is 4.89. The van der Waals surface area contributed by atoms with Crippen molar-refractivity contribution in [3.63, 3.8) is 0 Å². The number of nitrogens with zero attached hydrogens (tertiary/aromatic N) is 2. The Hall–Kier alpha value is -1.39. The summed E-state index contributed by atoms with van der Waals surface area (Å²) < 4.78 is 0. The van der Waals surface area contributed by atoms with Crippen LogP contribution in [0.1, 0.15) is 93.9 Å². The highest BCUT2D eigenvalue weighted by Crippen LogP contribution is 2.20. The molecule has 0 spiro atoms. The summed E-state index contributed by atoms with van der Waals surface area (Å²) in [5.41, 5.74) is 0. The first-order chi connectivity index (χ1) is 12.5. The summed E-state index contributed by atoms with van der Waals surface area (Å²) in [6, 6.07) is 0. The summed E-state index contributed by atoms with van der Waals surface area (Å²) in [6.07, 6.45) is 5.83. The second-order valence-electron chi connectivity index (χ2n) is 6.89. The van der Waals surface area contributed by atoms with Crippen LogP contribution in [-0.4, -0.2) is 47.2 Å². The number of hydrogen-bond donors (Lipinski definition) is 0. The van der Waals surface area contributed by atoms with Crippen LogP contribution in [0.3, 0.4) is 0 Å². The van der Waals surface area contributed by atoms with Gasteiger partial charge in [0.2, 0.25) is 17.7 Å². The Morgan fingerprint density at radius 1 is 1.00 bits per heavy atom. The van der Waals surface area contributed by atoms with E-state index in [1.807, 2.05) is 39.5 Å². The normalized spacial score (nSPS) is 21.1. The molecule has 3 amide bonds. The highest BCUT2D eigenvalue weighted by molar-refractivity contribution is 6.03. The number of likely N-dealkylation sites (tertiary alicyclic amines) is 2. The van der Waals surface area contributed by atoms with Crippen LogP contribution in [0.25, 0.3) is 0 Å². The first-order valence-electron chi connectivity index (χ1n) is 10.6. The molecular formula is C22H44N2O3. The lowest BCUT2D eigenvalue weighted by Crippen LogP contribution is -2.31. The Bertz CT molecular complexity index is 437. The fourth-order valence-corrected chi connectivity index (χ4v) is 3.30. The molecule has 0 bridgehead atoms. The molecule has 5 heteroatoms. The van der Waals surface area contributed by atoms with Gasteiger partial charge in [-0.3, -0.25) is 19.3 Å². The van der Waals surface area contributed by atoms with E-state index in [0.717, 1.165) is 45.2 Å². The van der Waals surface area contributed by atoms with E-state index in [4.69, 9.17) is 0 Å². The third kappa shape index (κ3) is 9.39. The molecule has 0 aromatic rings. The van der Waals surface area contributed by atoms with Gasteiger partial charge in [-0.2, -0.15) is 0 Å². The van der Waals surface area contributed by atoms with Crippen molar-refractivity contribution in [2.24, 2.45) is 11.8 Å². The highest BCUT2D eigenvalue weighted by Gasteiger charge is 2.34. The van der Waals surface area contributed by atoms with Crippen molar-refractivity contribution < 1.29 is 14.4 Å². The minimum atomic E-state index is -0.145. The van der Waals surface area contributed by atoms with E-state index in [9.17, 15) is 14.4 Å². The molecule has 2 aliphatic rings. The molecule has 0 saturated carbocycles. The van der Waals surface area contributed by atoms with E-state index in [-0.39, 0.29) is 31.1 Å². The van der Waals surface area contributed by atoms with E-state index in [1.165, 1.54) is 4.90 Å². The highest BCUT2D eigenvalue weighted by atomic mass is 16.2. The van der Waals surface area contributed by atoms with Gasteiger partial charge in [-0.05, 0) is 25.2 Å². The smallest absolute Gasteiger partial charge is 0.232 e. The SMILES string of the molecule is C.CC.CC.CC1CCN(C(=O)CCCCCCN2C(=O)CC(C)C2=O)C1. The van der Waals surface area contributed by atoms with Gasteiger partial charge in [-0.1, -0.05) is 61.8 Å². The van der Waals surface area contributed by atoms with Crippen LogP contribution in [0.4, 0.5) is 0 Å². The van der Waals surface area contributed by atoms with Crippen molar-refractivity contribution in [3.05, 3.63) is 0 Å². The fourth-order valence-electron chi connectivity index (χ4n) is 3.30. The lowest BCUT2D eigenvalue weighted by atomic mass is 10.1. The molecule has 0 N–H and O–H groups in total. The van der Waals surface area contributed by atoms with Crippen molar-refractivity contribution in [3.8, 4) is 0 Å². The zero-order chi connectivity index (χ0) is 20.1. The molecule has 2 saturated heterocycles. The zero-order valence-electron chi connectivity index (χ0n) is 17.8. The Labute approximate surface area is 167 Å². The van der Waals surface area contributed by atoms with Gasteiger partial charge in [0.05, 0.1) is 0 Å². The predicted molar refractivity (Wildman–Crippen MR) is 113 cm³/mol. The monoisotopic (exact) mass is 384 g/mol. The molecular weight excluding hydrogens is 340 g/mol. The summed E-state index contributed by atoms with van der Waals surface area (Å²) in [5, 5.41) is 0. The third-order valence-corrected chi connectivity index (χ3v) is 4.77. The van der Waals surface area contributed by atoms with Crippen LogP contribution >= 0.6 is 0 Å². The molecule has 2 unspecified atom stereocenters. The minimum Gasteiger partial charge on any atom is -0.342 e. The number of rotatable bonds is 7. The molecule has 2 heterocycles. The molecule has 2 atom stereocenters. The molecule has 5 nitrogen and oxygen atoms in total. The number of carbonyl (C=O) groups excluding carboxylic acids is 3. The number of imide groups is 1. The van der Waals surface area contributed by atoms with Gasteiger partial charge in [-0.15, -0.1) is 0 Å². The van der Waals surface area contributed by atoms with Crippen LogP contribution in [0.5, 0.6) is 0 Å². The van der Waals surface area contributed by atoms with E-state index in [1.54, 1.807) is 0 Å². The summed E-state index contributed by atoms with van der Waals surface area (Å²) >= 11 is 0. The Morgan fingerprint density at radius 3 is 2.07 bits per heavy atom. The van der Waals surface area contributed by atoms with Gasteiger partial charge in [0.25, 0.3) is 0 Å². The third-order valence-electron chi connectivity index (χ3n) is 4.77. The van der Waals surface area contributed by atoms with Crippen molar-refractivity contribution in [2.45, 2.75) is 93.9 Å². The zero-order valence-corrected chi connectivity index (χ0v) is 17.8. The summed E-state index contributed by atoms with van der Waals surface area (Å²) in [6.45, 7) is 14.4. The topological polar surface area (TPSA) is 57.7 Å². The maximum Gasteiger partial charge on any atom is 0.232 e. The summed E-state index contributed by atoms with van der Waals surface area (Å²) in [4.78, 5) is 38.8.